The first-order chi connectivity index (χ1) is 9.83. The van der Waals surface area contributed by atoms with Crippen molar-refractivity contribution in [1.82, 2.24) is 20.3 Å². The number of hydrogen-bond acceptors (Lipinski definition) is 4. The summed E-state index contributed by atoms with van der Waals surface area (Å²) < 4.78 is 0. The third-order valence-electron chi connectivity index (χ3n) is 3.38. The summed E-state index contributed by atoms with van der Waals surface area (Å²) in [6, 6.07) is 9.87. The lowest BCUT2D eigenvalue weighted by molar-refractivity contribution is 0.251. The summed E-state index contributed by atoms with van der Waals surface area (Å²) in [5.41, 5.74) is 1.89. The molecule has 1 aromatic carbocycles. The molecule has 0 aliphatic heterocycles. The van der Waals surface area contributed by atoms with Crippen LogP contribution in [0, 0.1) is 5.92 Å². The van der Waals surface area contributed by atoms with Gasteiger partial charge in [0.15, 0.2) is 0 Å². The number of nitrogens with one attached hydrogen (secondary N) is 1. The van der Waals surface area contributed by atoms with Crippen LogP contribution >= 0.6 is 0 Å². The fourth-order valence-corrected chi connectivity index (χ4v) is 2.10. The molecule has 1 atom stereocenters. The first-order valence-electron chi connectivity index (χ1n) is 7.11. The van der Waals surface area contributed by atoms with Gasteiger partial charge in [0.25, 0.3) is 0 Å². The van der Waals surface area contributed by atoms with Crippen LogP contribution in [0.25, 0.3) is 5.69 Å². The highest BCUT2D eigenvalue weighted by Crippen LogP contribution is 2.07. The Morgan fingerprint density at radius 1 is 1.30 bits per heavy atom. The van der Waals surface area contributed by atoms with Crippen LogP contribution in [0.1, 0.15) is 25.5 Å². The van der Waals surface area contributed by atoms with Crippen LogP contribution in [-0.4, -0.2) is 33.3 Å². The van der Waals surface area contributed by atoms with Gasteiger partial charge in [0, 0.05) is 13.2 Å². The molecule has 0 spiro atoms. The molecule has 5 nitrogen and oxygen atoms in total. The zero-order valence-corrected chi connectivity index (χ0v) is 11.9. The molecule has 0 saturated carbocycles. The maximum absolute atomic E-state index is 8.96. The van der Waals surface area contributed by atoms with E-state index in [2.05, 4.69) is 22.4 Å². The van der Waals surface area contributed by atoms with E-state index in [1.807, 2.05) is 30.3 Å². The molecule has 1 heterocycles. The normalized spacial score (nSPS) is 12.5. The molecule has 2 N–H and O–H groups in total. The van der Waals surface area contributed by atoms with Crippen molar-refractivity contribution >= 4 is 0 Å². The van der Waals surface area contributed by atoms with E-state index in [1.54, 1.807) is 11.0 Å². The number of aromatic nitrogens is 3. The maximum atomic E-state index is 8.96. The van der Waals surface area contributed by atoms with Crippen molar-refractivity contribution < 1.29 is 5.11 Å². The number of aliphatic hydroxyl groups is 1. The standard InChI is InChI=1S/C15H22N4O/c1-2-13(8-9-20)10-16-11-14-12-17-19(18-14)15-6-4-3-5-7-15/h3-7,12-13,16,20H,2,8-11H2,1H3. The van der Waals surface area contributed by atoms with Gasteiger partial charge in [-0.25, -0.2) is 0 Å². The van der Waals surface area contributed by atoms with E-state index in [-0.39, 0.29) is 6.61 Å². The highest BCUT2D eigenvalue weighted by atomic mass is 16.3. The fourth-order valence-electron chi connectivity index (χ4n) is 2.10. The van der Waals surface area contributed by atoms with Crippen LogP contribution in [-0.2, 0) is 6.54 Å². The summed E-state index contributed by atoms with van der Waals surface area (Å²) in [5, 5.41) is 21.0. The lowest BCUT2D eigenvalue weighted by Crippen LogP contribution is -2.23. The van der Waals surface area contributed by atoms with Crippen LogP contribution in [0.4, 0.5) is 0 Å². The molecule has 20 heavy (non-hydrogen) atoms. The summed E-state index contributed by atoms with van der Waals surface area (Å²) in [6.07, 6.45) is 3.71. The molecule has 2 aromatic rings. The highest BCUT2D eigenvalue weighted by molar-refractivity contribution is 5.28. The molecule has 1 aromatic heterocycles. The van der Waals surface area contributed by atoms with Crippen LogP contribution in [0.5, 0.6) is 0 Å². The first kappa shape index (κ1) is 14.7. The van der Waals surface area contributed by atoms with Gasteiger partial charge < -0.3 is 10.4 Å². The summed E-state index contributed by atoms with van der Waals surface area (Å²) in [6.45, 7) is 4.00. The Morgan fingerprint density at radius 2 is 2.10 bits per heavy atom. The van der Waals surface area contributed by atoms with Crippen molar-refractivity contribution in [3.05, 3.63) is 42.2 Å². The van der Waals surface area contributed by atoms with Gasteiger partial charge in [0.05, 0.1) is 17.6 Å². The monoisotopic (exact) mass is 274 g/mol. The molecule has 1 unspecified atom stereocenters. The molecule has 0 aliphatic carbocycles. The number of aliphatic hydroxyl groups excluding tert-OH is 1. The molecule has 5 heteroatoms. The lowest BCUT2D eigenvalue weighted by atomic mass is 10.0. The highest BCUT2D eigenvalue weighted by Gasteiger charge is 2.06. The van der Waals surface area contributed by atoms with Crippen molar-refractivity contribution in [1.29, 1.82) is 0 Å². The summed E-state index contributed by atoms with van der Waals surface area (Å²) >= 11 is 0. The maximum Gasteiger partial charge on any atom is 0.0969 e. The zero-order chi connectivity index (χ0) is 14.2. The largest absolute Gasteiger partial charge is 0.396 e. The van der Waals surface area contributed by atoms with Crippen molar-refractivity contribution in [2.45, 2.75) is 26.3 Å². The van der Waals surface area contributed by atoms with E-state index in [0.29, 0.717) is 12.5 Å². The van der Waals surface area contributed by atoms with Crippen LogP contribution in [0.2, 0.25) is 0 Å². The van der Waals surface area contributed by atoms with E-state index in [4.69, 9.17) is 5.11 Å². The van der Waals surface area contributed by atoms with Crippen LogP contribution in [0.3, 0.4) is 0 Å². The van der Waals surface area contributed by atoms with Gasteiger partial charge in [-0.15, -0.1) is 0 Å². The average Bonchev–Trinajstić information content (AvgIpc) is 2.96. The Balaban J connectivity index is 1.84. The molecular formula is C15H22N4O. The van der Waals surface area contributed by atoms with E-state index >= 15 is 0 Å². The second-order valence-electron chi connectivity index (χ2n) is 4.88. The van der Waals surface area contributed by atoms with E-state index in [1.165, 1.54) is 0 Å². The van der Waals surface area contributed by atoms with Gasteiger partial charge in [-0.3, -0.25) is 0 Å². The molecular weight excluding hydrogens is 252 g/mol. The molecule has 0 amide bonds. The third kappa shape index (κ3) is 4.15. The fraction of sp³-hybridized carbons (Fsp3) is 0.467. The van der Waals surface area contributed by atoms with E-state index < -0.39 is 0 Å². The molecule has 0 saturated heterocycles. The molecule has 0 fully saturated rings. The number of nitrogens with zero attached hydrogens (tertiary/aromatic N) is 3. The number of para-hydroxylation sites is 1. The lowest BCUT2D eigenvalue weighted by Gasteiger charge is -2.13. The van der Waals surface area contributed by atoms with Gasteiger partial charge in [-0.1, -0.05) is 31.5 Å². The molecule has 2 rings (SSSR count). The Morgan fingerprint density at radius 3 is 2.80 bits per heavy atom. The quantitative estimate of drug-likeness (QED) is 0.770. The summed E-state index contributed by atoms with van der Waals surface area (Å²) in [5.74, 6) is 0.518. The van der Waals surface area contributed by atoms with Gasteiger partial charge in [0.2, 0.25) is 0 Å². The van der Waals surface area contributed by atoms with Crippen molar-refractivity contribution in [2.24, 2.45) is 5.92 Å². The molecule has 0 radical (unpaired) electrons. The average molecular weight is 274 g/mol. The van der Waals surface area contributed by atoms with Crippen molar-refractivity contribution in [3.8, 4) is 5.69 Å². The van der Waals surface area contributed by atoms with Gasteiger partial charge in [-0.2, -0.15) is 15.0 Å². The molecule has 108 valence electrons. The van der Waals surface area contributed by atoms with Crippen molar-refractivity contribution in [3.63, 3.8) is 0 Å². The Kier molecular flexibility index (Phi) is 5.70. The van der Waals surface area contributed by atoms with Crippen molar-refractivity contribution in [2.75, 3.05) is 13.2 Å². The Labute approximate surface area is 119 Å². The summed E-state index contributed by atoms with van der Waals surface area (Å²) in [7, 11) is 0. The predicted octanol–water partition coefficient (Wildman–Crippen LogP) is 1.77. The number of benzene rings is 1. The minimum Gasteiger partial charge on any atom is -0.396 e. The van der Waals surface area contributed by atoms with E-state index in [0.717, 1.165) is 30.8 Å². The van der Waals surface area contributed by atoms with Gasteiger partial charge >= 0.3 is 0 Å². The number of hydrogen-bond donors (Lipinski definition) is 2. The topological polar surface area (TPSA) is 63.0 Å². The first-order valence-corrected chi connectivity index (χ1v) is 7.11. The predicted molar refractivity (Wildman–Crippen MR) is 78.5 cm³/mol. The second kappa shape index (κ2) is 7.77. The number of rotatable bonds is 8. The summed E-state index contributed by atoms with van der Waals surface area (Å²) in [4.78, 5) is 1.64. The third-order valence-corrected chi connectivity index (χ3v) is 3.38. The minimum absolute atomic E-state index is 0.254. The van der Waals surface area contributed by atoms with Crippen LogP contribution in [0.15, 0.2) is 36.5 Å². The van der Waals surface area contributed by atoms with Gasteiger partial charge in [0.1, 0.15) is 0 Å². The SMILES string of the molecule is CCC(CCO)CNCc1cnn(-c2ccccc2)n1. The smallest absolute Gasteiger partial charge is 0.0969 e. The Bertz CT molecular complexity index is 498. The second-order valence-corrected chi connectivity index (χ2v) is 4.88. The Hall–Kier alpha value is -1.72. The van der Waals surface area contributed by atoms with Crippen LogP contribution < -0.4 is 5.32 Å². The minimum atomic E-state index is 0.254. The van der Waals surface area contributed by atoms with E-state index in [9.17, 15) is 0 Å². The molecule has 0 aliphatic rings. The molecule has 0 bridgehead atoms. The van der Waals surface area contributed by atoms with Gasteiger partial charge in [-0.05, 0) is 31.0 Å². The zero-order valence-electron chi connectivity index (χ0n) is 11.9.